The molecule has 0 amide bonds. The lowest BCUT2D eigenvalue weighted by molar-refractivity contribution is -0.137. The van der Waals surface area contributed by atoms with Crippen molar-refractivity contribution in [2.45, 2.75) is 65.2 Å². The number of carbonyl (C=O) groups is 1. The van der Waals surface area contributed by atoms with E-state index < -0.39 is 22.5 Å². The summed E-state index contributed by atoms with van der Waals surface area (Å²) in [5.74, 6) is -1.05. The number of hydrogen-bond acceptors (Lipinski definition) is 3. The minimum absolute atomic E-state index is 0.0586. The van der Waals surface area contributed by atoms with Gasteiger partial charge in [0.2, 0.25) is 10.0 Å². The van der Waals surface area contributed by atoms with Crippen LogP contribution in [0.3, 0.4) is 0 Å². The average Bonchev–Trinajstić information content (AvgIpc) is 2.38. The van der Waals surface area contributed by atoms with E-state index in [2.05, 4.69) is 6.92 Å². The molecule has 0 atom stereocenters. The summed E-state index contributed by atoms with van der Waals surface area (Å²) in [5, 5.41) is 8.68. The molecule has 0 bridgehead atoms. The van der Waals surface area contributed by atoms with Gasteiger partial charge in [0.15, 0.2) is 0 Å². The van der Waals surface area contributed by atoms with Gasteiger partial charge in [-0.2, -0.15) is 4.31 Å². The van der Waals surface area contributed by atoms with Crippen LogP contribution in [0.1, 0.15) is 65.2 Å². The summed E-state index contributed by atoms with van der Waals surface area (Å²) in [6.07, 6.45) is 8.72. The molecular formula is C14H29NO4S. The first-order chi connectivity index (χ1) is 9.44. The third-order valence-electron chi connectivity index (χ3n) is 3.31. The summed E-state index contributed by atoms with van der Waals surface area (Å²) in [6, 6.07) is 0. The molecular weight excluding hydrogens is 278 g/mol. The second kappa shape index (κ2) is 11.1. The fourth-order valence-electron chi connectivity index (χ4n) is 2.11. The van der Waals surface area contributed by atoms with Crippen molar-refractivity contribution in [2.24, 2.45) is 0 Å². The Labute approximate surface area is 123 Å². The molecule has 20 heavy (non-hydrogen) atoms. The molecule has 0 aliphatic rings. The van der Waals surface area contributed by atoms with Gasteiger partial charge < -0.3 is 5.11 Å². The number of nitrogens with zero attached hydrogens (tertiary/aromatic N) is 1. The molecule has 0 unspecified atom stereocenters. The van der Waals surface area contributed by atoms with Crippen LogP contribution in [0.4, 0.5) is 0 Å². The average molecular weight is 307 g/mol. The van der Waals surface area contributed by atoms with Gasteiger partial charge in [0.25, 0.3) is 0 Å². The largest absolute Gasteiger partial charge is 0.480 e. The van der Waals surface area contributed by atoms with Gasteiger partial charge in [-0.1, -0.05) is 58.8 Å². The van der Waals surface area contributed by atoms with Crippen molar-refractivity contribution in [1.29, 1.82) is 0 Å². The monoisotopic (exact) mass is 307 g/mol. The normalized spacial score (nSPS) is 11.9. The number of sulfonamides is 1. The lowest BCUT2D eigenvalue weighted by Crippen LogP contribution is -2.37. The highest BCUT2D eigenvalue weighted by atomic mass is 32.2. The highest BCUT2D eigenvalue weighted by Gasteiger charge is 2.21. The third kappa shape index (κ3) is 9.31. The van der Waals surface area contributed by atoms with Crippen LogP contribution in [0.15, 0.2) is 0 Å². The summed E-state index contributed by atoms with van der Waals surface area (Å²) < 4.78 is 24.9. The minimum atomic E-state index is -3.42. The third-order valence-corrected chi connectivity index (χ3v) is 5.29. The predicted octanol–water partition coefficient (Wildman–Crippen LogP) is 2.86. The van der Waals surface area contributed by atoms with Gasteiger partial charge in [-0.25, -0.2) is 8.42 Å². The van der Waals surface area contributed by atoms with E-state index in [9.17, 15) is 13.2 Å². The molecule has 0 aromatic rings. The van der Waals surface area contributed by atoms with Gasteiger partial charge in [0.1, 0.15) is 6.54 Å². The number of aliphatic carboxylic acids is 1. The fourth-order valence-corrected chi connectivity index (χ4v) is 3.63. The minimum Gasteiger partial charge on any atom is -0.480 e. The molecule has 5 nitrogen and oxygen atoms in total. The number of unbranched alkanes of at least 4 members (excludes halogenated alkanes) is 7. The molecule has 0 saturated carbocycles. The number of carboxylic acid groups (broad SMARTS) is 1. The van der Waals surface area contributed by atoms with Crippen LogP contribution in [-0.4, -0.2) is 42.6 Å². The van der Waals surface area contributed by atoms with E-state index in [0.717, 1.165) is 23.6 Å². The van der Waals surface area contributed by atoms with Crippen LogP contribution in [-0.2, 0) is 14.8 Å². The summed E-state index contributed by atoms with van der Waals surface area (Å²) in [7, 11) is -3.42. The zero-order valence-corrected chi connectivity index (χ0v) is 13.6. The summed E-state index contributed by atoms with van der Waals surface area (Å²) in [4.78, 5) is 10.6. The summed E-state index contributed by atoms with van der Waals surface area (Å²) in [5.41, 5.74) is 0. The van der Waals surface area contributed by atoms with Crippen molar-refractivity contribution in [3.05, 3.63) is 0 Å². The van der Waals surface area contributed by atoms with Crippen molar-refractivity contribution in [2.75, 3.05) is 18.8 Å². The van der Waals surface area contributed by atoms with E-state index in [-0.39, 0.29) is 12.3 Å². The Morgan fingerprint density at radius 3 is 1.90 bits per heavy atom. The van der Waals surface area contributed by atoms with Gasteiger partial charge in [-0.05, 0) is 6.42 Å². The van der Waals surface area contributed by atoms with E-state index in [4.69, 9.17) is 5.11 Å². The van der Waals surface area contributed by atoms with Crippen molar-refractivity contribution >= 4 is 16.0 Å². The van der Waals surface area contributed by atoms with Gasteiger partial charge in [0, 0.05) is 6.54 Å². The van der Waals surface area contributed by atoms with Crippen molar-refractivity contribution in [3.63, 3.8) is 0 Å². The van der Waals surface area contributed by atoms with Crippen LogP contribution >= 0.6 is 0 Å². The quantitative estimate of drug-likeness (QED) is 0.531. The van der Waals surface area contributed by atoms with E-state index in [1.165, 1.54) is 25.7 Å². The molecule has 0 radical (unpaired) electrons. The maximum atomic E-state index is 11.9. The van der Waals surface area contributed by atoms with E-state index in [1.54, 1.807) is 6.92 Å². The Morgan fingerprint density at radius 1 is 0.950 bits per heavy atom. The van der Waals surface area contributed by atoms with Crippen LogP contribution < -0.4 is 0 Å². The second-order valence-corrected chi connectivity index (χ2v) is 7.20. The zero-order chi connectivity index (χ0) is 15.4. The Kier molecular flexibility index (Phi) is 10.7. The Bertz CT molecular complexity index is 354. The first kappa shape index (κ1) is 19.4. The van der Waals surface area contributed by atoms with E-state index in [1.807, 2.05) is 0 Å². The molecule has 0 saturated heterocycles. The SMILES string of the molecule is CCCCCCCCCCS(=O)(=O)N(CC)CC(=O)O. The smallest absolute Gasteiger partial charge is 0.318 e. The summed E-state index contributed by atoms with van der Waals surface area (Å²) >= 11 is 0. The van der Waals surface area contributed by atoms with Gasteiger partial charge >= 0.3 is 5.97 Å². The van der Waals surface area contributed by atoms with Gasteiger partial charge in [-0.15, -0.1) is 0 Å². The predicted molar refractivity (Wildman–Crippen MR) is 81.3 cm³/mol. The first-order valence-electron chi connectivity index (χ1n) is 7.63. The Balaban J connectivity index is 3.84. The molecule has 0 aromatic heterocycles. The van der Waals surface area contributed by atoms with Crippen LogP contribution in [0, 0.1) is 0 Å². The molecule has 6 heteroatoms. The van der Waals surface area contributed by atoms with Crippen molar-refractivity contribution < 1.29 is 18.3 Å². The lowest BCUT2D eigenvalue weighted by atomic mass is 10.1. The number of hydrogen-bond donors (Lipinski definition) is 1. The molecule has 0 spiro atoms. The maximum absolute atomic E-state index is 11.9. The highest BCUT2D eigenvalue weighted by molar-refractivity contribution is 7.89. The standard InChI is InChI=1S/C14H29NO4S/c1-3-5-6-7-8-9-10-11-12-20(18,19)15(4-2)13-14(16)17/h3-13H2,1-2H3,(H,16,17). The number of likely N-dealkylation sites (N-methyl/N-ethyl adjacent to an activating group) is 1. The Morgan fingerprint density at radius 2 is 1.45 bits per heavy atom. The van der Waals surface area contributed by atoms with Crippen molar-refractivity contribution in [3.8, 4) is 0 Å². The van der Waals surface area contributed by atoms with Crippen LogP contribution in [0.2, 0.25) is 0 Å². The second-order valence-electron chi connectivity index (χ2n) is 5.11. The van der Waals surface area contributed by atoms with Crippen LogP contribution in [0.5, 0.6) is 0 Å². The molecule has 0 heterocycles. The van der Waals surface area contributed by atoms with Crippen molar-refractivity contribution in [1.82, 2.24) is 4.31 Å². The fraction of sp³-hybridized carbons (Fsp3) is 0.929. The molecule has 1 N–H and O–H groups in total. The maximum Gasteiger partial charge on any atom is 0.318 e. The molecule has 0 aromatic carbocycles. The first-order valence-corrected chi connectivity index (χ1v) is 9.24. The Hall–Kier alpha value is -0.620. The molecule has 0 fully saturated rings. The van der Waals surface area contributed by atoms with Crippen LogP contribution in [0.25, 0.3) is 0 Å². The van der Waals surface area contributed by atoms with Gasteiger partial charge in [-0.3, -0.25) is 4.79 Å². The zero-order valence-electron chi connectivity index (χ0n) is 12.8. The van der Waals surface area contributed by atoms with Gasteiger partial charge in [0.05, 0.1) is 5.75 Å². The molecule has 0 rings (SSSR count). The highest BCUT2D eigenvalue weighted by Crippen LogP contribution is 2.10. The number of carboxylic acids is 1. The topological polar surface area (TPSA) is 74.7 Å². The van der Waals surface area contributed by atoms with E-state index in [0.29, 0.717) is 6.42 Å². The molecule has 120 valence electrons. The lowest BCUT2D eigenvalue weighted by Gasteiger charge is -2.18. The van der Waals surface area contributed by atoms with E-state index >= 15 is 0 Å². The summed E-state index contributed by atoms with van der Waals surface area (Å²) in [6.45, 7) is 3.62. The molecule has 0 aliphatic carbocycles. The number of rotatable bonds is 13. The molecule has 0 aliphatic heterocycles.